The Morgan fingerprint density at radius 2 is 1.62 bits per heavy atom. The van der Waals surface area contributed by atoms with Gasteiger partial charge in [-0.2, -0.15) is 17.5 Å². The van der Waals surface area contributed by atoms with Crippen molar-refractivity contribution in [3.8, 4) is 0 Å². The van der Waals surface area contributed by atoms with Gasteiger partial charge in [0, 0.05) is 38.1 Å². The SMILES string of the molecule is CN(CCC1CCC(CCc2ccccc2)(N2CCCC2)CC1)C(=O)CC1CCCCN1S(=O)(=O)c1cccc(C(F)(F)F)c1. The molecule has 2 aromatic rings. The Kier molecular flexibility index (Phi) is 11.0. The smallest absolute Gasteiger partial charge is 0.346 e. The lowest BCUT2D eigenvalue weighted by atomic mass is 9.72. The van der Waals surface area contributed by atoms with E-state index >= 15 is 0 Å². The first kappa shape index (κ1) is 33.9. The minimum atomic E-state index is -4.64. The molecule has 2 aromatic carbocycles. The summed E-state index contributed by atoms with van der Waals surface area (Å²) in [5.41, 5.74) is 0.669. The van der Waals surface area contributed by atoms with Gasteiger partial charge in [0.1, 0.15) is 0 Å². The molecule has 1 aliphatic carbocycles. The number of halogens is 3. The highest BCUT2D eigenvalue weighted by Gasteiger charge is 2.41. The molecule has 10 heteroatoms. The summed E-state index contributed by atoms with van der Waals surface area (Å²) in [7, 11) is -2.39. The molecule has 2 heterocycles. The molecular weight excluding hydrogens is 599 g/mol. The van der Waals surface area contributed by atoms with Crippen molar-refractivity contribution in [2.75, 3.05) is 33.2 Å². The summed E-state index contributed by atoms with van der Waals surface area (Å²) in [5.74, 6) is 0.441. The van der Waals surface area contributed by atoms with Crippen molar-refractivity contribution in [1.82, 2.24) is 14.1 Å². The van der Waals surface area contributed by atoms with E-state index in [-0.39, 0.29) is 29.3 Å². The lowest BCUT2D eigenvalue weighted by molar-refractivity contribution is -0.137. The second-order valence-corrected chi connectivity index (χ2v) is 15.3. The minimum absolute atomic E-state index is 0.0386. The number of hydrogen-bond donors (Lipinski definition) is 0. The van der Waals surface area contributed by atoms with E-state index in [1.54, 1.807) is 11.9 Å². The summed E-state index contributed by atoms with van der Waals surface area (Å²) < 4.78 is 68.1. The van der Waals surface area contributed by atoms with Crippen LogP contribution in [0.4, 0.5) is 13.2 Å². The normalized spacial score (nSPS) is 25.3. The van der Waals surface area contributed by atoms with Crippen molar-refractivity contribution in [1.29, 1.82) is 0 Å². The molecule has 1 unspecified atom stereocenters. The third-order valence-corrected chi connectivity index (χ3v) is 12.5. The van der Waals surface area contributed by atoms with E-state index in [1.165, 1.54) is 61.1 Å². The highest BCUT2D eigenvalue weighted by molar-refractivity contribution is 7.89. The second-order valence-electron chi connectivity index (χ2n) is 13.4. The summed E-state index contributed by atoms with van der Waals surface area (Å²) >= 11 is 0. The minimum Gasteiger partial charge on any atom is -0.346 e. The Morgan fingerprint density at radius 1 is 0.933 bits per heavy atom. The summed E-state index contributed by atoms with van der Waals surface area (Å²) in [4.78, 5) is 17.4. The Labute approximate surface area is 267 Å². The van der Waals surface area contributed by atoms with Gasteiger partial charge in [0.2, 0.25) is 15.9 Å². The zero-order valence-corrected chi connectivity index (χ0v) is 27.3. The Morgan fingerprint density at radius 3 is 2.31 bits per heavy atom. The average Bonchev–Trinajstić information content (AvgIpc) is 3.60. The number of nitrogens with zero attached hydrogens (tertiary/aromatic N) is 3. The molecule has 1 saturated carbocycles. The van der Waals surface area contributed by atoms with Crippen LogP contribution in [0.25, 0.3) is 0 Å². The Hall–Kier alpha value is -2.43. The number of likely N-dealkylation sites (tertiary alicyclic amines) is 1. The number of carbonyl (C=O) groups is 1. The quantitative estimate of drug-likeness (QED) is 0.260. The lowest BCUT2D eigenvalue weighted by Crippen LogP contribution is -2.50. The van der Waals surface area contributed by atoms with E-state index < -0.39 is 27.8 Å². The number of carbonyl (C=O) groups excluding carboxylic acids is 1. The van der Waals surface area contributed by atoms with Gasteiger partial charge in [-0.05, 0) is 113 Å². The molecule has 5 rings (SSSR count). The van der Waals surface area contributed by atoms with Crippen LogP contribution in [0.2, 0.25) is 0 Å². The summed E-state index contributed by atoms with van der Waals surface area (Å²) in [6.45, 7) is 3.21. The molecule has 248 valence electrons. The molecule has 2 saturated heterocycles. The molecule has 0 N–H and O–H groups in total. The molecule has 0 spiro atoms. The first-order chi connectivity index (χ1) is 21.5. The Bertz CT molecular complexity index is 1370. The van der Waals surface area contributed by atoms with Crippen LogP contribution in [0, 0.1) is 5.92 Å². The van der Waals surface area contributed by atoms with E-state index in [0.29, 0.717) is 31.4 Å². The molecule has 0 radical (unpaired) electrons. The number of aryl methyl sites for hydroxylation is 1. The third kappa shape index (κ3) is 8.30. The van der Waals surface area contributed by atoms with Crippen LogP contribution < -0.4 is 0 Å². The highest BCUT2D eigenvalue weighted by atomic mass is 32.2. The second kappa shape index (κ2) is 14.6. The van der Waals surface area contributed by atoms with Crippen molar-refractivity contribution < 1.29 is 26.4 Å². The van der Waals surface area contributed by atoms with Gasteiger partial charge in [0.05, 0.1) is 10.5 Å². The van der Waals surface area contributed by atoms with Crippen LogP contribution >= 0.6 is 0 Å². The topological polar surface area (TPSA) is 60.9 Å². The number of hydrogen-bond acceptors (Lipinski definition) is 4. The molecule has 0 aromatic heterocycles. The van der Waals surface area contributed by atoms with Crippen LogP contribution in [0.1, 0.15) is 88.2 Å². The van der Waals surface area contributed by atoms with E-state index in [4.69, 9.17) is 0 Å². The van der Waals surface area contributed by atoms with E-state index in [9.17, 15) is 26.4 Å². The third-order valence-electron chi connectivity index (χ3n) is 10.6. The zero-order chi connectivity index (χ0) is 32.1. The van der Waals surface area contributed by atoms with Crippen LogP contribution in [0.15, 0.2) is 59.5 Å². The zero-order valence-electron chi connectivity index (χ0n) is 26.5. The van der Waals surface area contributed by atoms with Crippen molar-refractivity contribution >= 4 is 15.9 Å². The molecule has 3 fully saturated rings. The van der Waals surface area contributed by atoms with E-state index in [1.807, 2.05) is 0 Å². The average molecular weight is 648 g/mol. The van der Waals surface area contributed by atoms with Gasteiger partial charge in [0.25, 0.3) is 0 Å². The molecular formula is C35H48F3N3O3S. The first-order valence-corrected chi connectivity index (χ1v) is 18.1. The largest absolute Gasteiger partial charge is 0.416 e. The van der Waals surface area contributed by atoms with Crippen LogP contribution in [-0.4, -0.2) is 73.2 Å². The van der Waals surface area contributed by atoms with E-state index in [0.717, 1.165) is 44.2 Å². The van der Waals surface area contributed by atoms with Crippen LogP contribution in [-0.2, 0) is 27.4 Å². The predicted molar refractivity (Wildman–Crippen MR) is 170 cm³/mol. The number of piperidine rings is 1. The molecule has 2 aliphatic heterocycles. The number of benzene rings is 2. The first-order valence-electron chi connectivity index (χ1n) is 16.7. The maximum Gasteiger partial charge on any atom is 0.416 e. The van der Waals surface area contributed by atoms with Gasteiger partial charge >= 0.3 is 6.18 Å². The van der Waals surface area contributed by atoms with Gasteiger partial charge in [-0.15, -0.1) is 0 Å². The molecule has 1 amide bonds. The monoisotopic (exact) mass is 647 g/mol. The van der Waals surface area contributed by atoms with Crippen molar-refractivity contribution in [2.24, 2.45) is 5.92 Å². The van der Waals surface area contributed by atoms with Crippen molar-refractivity contribution in [3.63, 3.8) is 0 Å². The van der Waals surface area contributed by atoms with Crippen LogP contribution in [0.3, 0.4) is 0 Å². The molecule has 0 bridgehead atoms. The lowest BCUT2D eigenvalue weighted by Gasteiger charge is -2.47. The standard InChI is InChI=1S/C35H48F3N3O3S/c1-39(25-18-29-16-20-34(21-17-29,40-22-7-8-23-40)19-15-28-10-3-2-4-11-28)33(42)27-31-13-5-6-24-41(31)45(43,44)32-14-9-12-30(26-32)35(36,37)38/h2-4,9-12,14,26,29,31H,5-8,13,15-25,27H2,1H3. The van der Waals surface area contributed by atoms with Gasteiger partial charge < -0.3 is 4.90 Å². The van der Waals surface area contributed by atoms with E-state index in [2.05, 4.69) is 35.2 Å². The summed E-state index contributed by atoms with van der Waals surface area (Å²) in [6, 6.07) is 14.1. The maximum absolute atomic E-state index is 13.5. The van der Waals surface area contributed by atoms with Gasteiger partial charge in [-0.25, -0.2) is 8.42 Å². The fourth-order valence-corrected chi connectivity index (χ4v) is 9.50. The number of alkyl halides is 3. The molecule has 1 atom stereocenters. The fraction of sp³-hybridized carbons (Fsp3) is 0.629. The predicted octanol–water partition coefficient (Wildman–Crippen LogP) is 7.14. The summed E-state index contributed by atoms with van der Waals surface area (Å²) in [5, 5.41) is 0. The number of rotatable bonds is 11. The van der Waals surface area contributed by atoms with Gasteiger partial charge in [-0.3, -0.25) is 9.69 Å². The van der Waals surface area contributed by atoms with Crippen LogP contribution in [0.5, 0.6) is 0 Å². The van der Waals surface area contributed by atoms with Gasteiger partial charge in [0.15, 0.2) is 0 Å². The summed E-state index contributed by atoms with van der Waals surface area (Å²) in [6.07, 6.45) is 7.76. The molecule has 3 aliphatic rings. The molecule has 45 heavy (non-hydrogen) atoms. The number of amides is 1. The van der Waals surface area contributed by atoms with Crippen molar-refractivity contribution in [3.05, 3.63) is 65.7 Å². The Balaban J connectivity index is 1.15. The maximum atomic E-state index is 13.5. The molecule has 6 nitrogen and oxygen atoms in total. The van der Waals surface area contributed by atoms with Gasteiger partial charge in [-0.1, -0.05) is 42.8 Å². The highest BCUT2D eigenvalue weighted by Crippen LogP contribution is 2.42. The van der Waals surface area contributed by atoms with Crippen molar-refractivity contribution in [2.45, 2.75) is 106 Å². The number of sulfonamides is 1. The fourth-order valence-electron chi connectivity index (χ4n) is 7.76.